The van der Waals surface area contributed by atoms with Crippen molar-refractivity contribution in [1.82, 2.24) is 10.2 Å². The van der Waals surface area contributed by atoms with Gasteiger partial charge >= 0.3 is 0 Å². The number of carbonyl (C=O) groups excluding carboxylic acids is 2. The second-order valence-electron chi connectivity index (χ2n) is 5.11. The summed E-state index contributed by atoms with van der Waals surface area (Å²) in [5, 5.41) is 3.16. The first kappa shape index (κ1) is 13.9. The second-order valence-corrected chi connectivity index (χ2v) is 5.11. The van der Waals surface area contributed by atoms with E-state index in [1.807, 2.05) is 18.2 Å². The van der Waals surface area contributed by atoms with E-state index in [1.165, 1.54) is 5.56 Å². The third-order valence-electron chi connectivity index (χ3n) is 3.75. The van der Waals surface area contributed by atoms with Gasteiger partial charge < -0.3 is 5.32 Å². The number of nitrogens with zero attached hydrogens (tertiary/aromatic N) is 1. The lowest BCUT2D eigenvalue weighted by molar-refractivity contribution is -0.131. The summed E-state index contributed by atoms with van der Waals surface area (Å²) in [5.41, 5.74) is 1.29. The number of rotatable bonds is 5. The maximum absolute atomic E-state index is 11.3. The zero-order chi connectivity index (χ0) is 13.7. The van der Waals surface area contributed by atoms with Crippen LogP contribution in [0.4, 0.5) is 0 Å². The van der Waals surface area contributed by atoms with Gasteiger partial charge in [-0.1, -0.05) is 30.3 Å². The maximum atomic E-state index is 11.3. The Morgan fingerprint density at radius 2 is 2.11 bits per heavy atom. The van der Waals surface area contributed by atoms with E-state index in [2.05, 4.69) is 29.4 Å². The van der Waals surface area contributed by atoms with Crippen LogP contribution in [-0.2, 0) is 16.1 Å². The predicted molar refractivity (Wildman–Crippen MR) is 73.8 cm³/mol. The molecule has 2 rings (SSSR count). The molecule has 0 amide bonds. The molecular formula is C15H20N2O2. The van der Waals surface area contributed by atoms with Gasteiger partial charge in [0.2, 0.25) is 5.78 Å². The van der Waals surface area contributed by atoms with E-state index < -0.39 is 0 Å². The molecule has 1 fully saturated rings. The number of ketones is 1. The molecule has 1 N–H and O–H groups in total. The van der Waals surface area contributed by atoms with Crippen LogP contribution in [-0.4, -0.2) is 42.6 Å². The molecular weight excluding hydrogens is 240 g/mol. The summed E-state index contributed by atoms with van der Waals surface area (Å²) in [4.78, 5) is 24.0. The van der Waals surface area contributed by atoms with E-state index in [1.54, 1.807) is 0 Å². The summed E-state index contributed by atoms with van der Waals surface area (Å²) >= 11 is 0. The van der Waals surface area contributed by atoms with Crippen molar-refractivity contribution < 1.29 is 9.59 Å². The Balaban J connectivity index is 1.84. The summed E-state index contributed by atoms with van der Waals surface area (Å²) in [6, 6.07) is 10.5. The molecule has 2 atom stereocenters. The van der Waals surface area contributed by atoms with Gasteiger partial charge in [-0.15, -0.1) is 0 Å². The minimum Gasteiger partial charge on any atom is -0.306 e. The second kappa shape index (κ2) is 6.59. The van der Waals surface area contributed by atoms with Crippen molar-refractivity contribution in [2.24, 2.45) is 0 Å². The Morgan fingerprint density at radius 3 is 2.68 bits per heavy atom. The molecule has 2 unspecified atom stereocenters. The van der Waals surface area contributed by atoms with Gasteiger partial charge in [-0.05, 0) is 25.5 Å². The lowest BCUT2D eigenvalue weighted by Crippen LogP contribution is -2.51. The van der Waals surface area contributed by atoms with Crippen LogP contribution in [0.3, 0.4) is 0 Å². The number of hydrogen-bond acceptors (Lipinski definition) is 4. The number of likely N-dealkylation sites (N-methyl/N-ethyl adjacent to an activating group) is 1. The number of hydrogen-bond donors (Lipinski definition) is 1. The summed E-state index contributed by atoms with van der Waals surface area (Å²) in [6.45, 7) is 1.66. The average molecular weight is 260 g/mol. The quantitative estimate of drug-likeness (QED) is 0.634. The van der Waals surface area contributed by atoms with Crippen LogP contribution in [0.25, 0.3) is 0 Å². The summed E-state index contributed by atoms with van der Waals surface area (Å²) < 4.78 is 0. The number of benzene rings is 1. The molecule has 1 aromatic carbocycles. The van der Waals surface area contributed by atoms with E-state index in [0.29, 0.717) is 12.3 Å². The molecule has 1 aromatic rings. The van der Waals surface area contributed by atoms with Crippen LogP contribution in [0.2, 0.25) is 0 Å². The Labute approximate surface area is 113 Å². The number of Topliss-reactive ketones (excluding diaryl/α,β-unsaturated/α-hetero) is 1. The number of carbonyl (C=O) groups is 2. The third kappa shape index (κ3) is 3.72. The molecule has 0 aliphatic carbocycles. The Kier molecular flexibility index (Phi) is 4.82. The highest BCUT2D eigenvalue weighted by Gasteiger charge is 2.27. The molecule has 19 heavy (non-hydrogen) atoms. The van der Waals surface area contributed by atoms with Crippen molar-refractivity contribution >= 4 is 12.1 Å². The van der Waals surface area contributed by atoms with Gasteiger partial charge in [0.15, 0.2) is 6.29 Å². The maximum Gasteiger partial charge on any atom is 0.212 e. The fraction of sp³-hybridized carbons (Fsp3) is 0.467. The fourth-order valence-corrected chi connectivity index (χ4v) is 2.54. The van der Waals surface area contributed by atoms with Crippen molar-refractivity contribution in [2.75, 3.05) is 13.6 Å². The van der Waals surface area contributed by atoms with Gasteiger partial charge in [0.1, 0.15) is 0 Å². The minimum atomic E-state index is -0.329. The highest BCUT2D eigenvalue weighted by atomic mass is 16.2. The molecule has 0 aromatic heterocycles. The lowest BCUT2D eigenvalue weighted by atomic mass is 9.97. The average Bonchev–Trinajstić information content (AvgIpc) is 2.47. The van der Waals surface area contributed by atoms with E-state index in [4.69, 9.17) is 0 Å². The Morgan fingerprint density at radius 1 is 1.37 bits per heavy atom. The molecule has 4 heteroatoms. The Hall–Kier alpha value is -1.52. The highest BCUT2D eigenvalue weighted by Crippen LogP contribution is 2.15. The van der Waals surface area contributed by atoms with Crippen LogP contribution in [0.5, 0.6) is 0 Å². The molecule has 0 spiro atoms. The van der Waals surface area contributed by atoms with E-state index in [0.717, 1.165) is 25.9 Å². The van der Waals surface area contributed by atoms with Crippen molar-refractivity contribution in [3.05, 3.63) is 35.9 Å². The molecule has 4 nitrogen and oxygen atoms in total. The largest absolute Gasteiger partial charge is 0.306 e. The van der Waals surface area contributed by atoms with Crippen LogP contribution in [0, 0.1) is 0 Å². The third-order valence-corrected chi connectivity index (χ3v) is 3.75. The van der Waals surface area contributed by atoms with Crippen LogP contribution >= 0.6 is 0 Å². The van der Waals surface area contributed by atoms with Gasteiger partial charge in [0, 0.05) is 19.1 Å². The molecule has 0 radical (unpaired) electrons. The zero-order valence-electron chi connectivity index (χ0n) is 11.2. The molecule has 102 valence electrons. The first-order valence-electron chi connectivity index (χ1n) is 6.67. The molecule has 1 saturated heterocycles. The topological polar surface area (TPSA) is 49.4 Å². The van der Waals surface area contributed by atoms with Gasteiger partial charge in [-0.3, -0.25) is 14.5 Å². The summed E-state index contributed by atoms with van der Waals surface area (Å²) in [7, 11) is 2.10. The van der Waals surface area contributed by atoms with Crippen molar-refractivity contribution in [1.29, 1.82) is 0 Å². The van der Waals surface area contributed by atoms with Gasteiger partial charge in [0.25, 0.3) is 0 Å². The lowest BCUT2D eigenvalue weighted by Gasteiger charge is -2.34. The van der Waals surface area contributed by atoms with Crippen LogP contribution < -0.4 is 5.32 Å². The molecule has 1 aliphatic heterocycles. The van der Waals surface area contributed by atoms with Crippen molar-refractivity contribution in [3.8, 4) is 0 Å². The van der Waals surface area contributed by atoms with E-state index in [9.17, 15) is 9.59 Å². The minimum absolute atomic E-state index is 0.279. The predicted octanol–water partition coefficient (Wildman–Crippen LogP) is 1.01. The smallest absolute Gasteiger partial charge is 0.212 e. The van der Waals surface area contributed by atoms with Gasteiger partial charge in [-0.25, -0.2) is 0 Å². The normalized spacial score (nSPS) is 23.3. The number of aldehydes is 1. The SMILES string of the molecule is CN(Cc1ccccc1)C1CCC(C(=O)C=O)NC1. The molecule has 0 bridgehead atoms. The van der Waals surface area contributed by atoms with E-state index >= 15 is 0 Å². The molecule has 1 heterocycles. The van der Waals surface area contributed by atoms with Crippen molar-refractivity contribution in [2.45, 2.75) is 31.5 Å². The summed E-state index contributed by atoms with van der Waals surface area (Å²) in [6.07, 6.45) is 2.10. The first-order valence-corrected chi connectivity index (χ1v) is 6.67. The number of nitrogens with one attached hydrogen (secondary N) is 1. The highest BCUT2D eigenvalue weighted by molar-refractivity contribution is 6.27. The van der Waals surface area contributed by atoms with Crippen molar-refractivity contribution in [3.63, 3.8) is 0 Å². The Bertz CT molecular complexity index is 425. The molecule has 0 saturated carbocycles. The monoisotopic (exact) mass is 260 g/mol. The van der Waals surface area contributed by atoms with Crippen LogP contribution in [0.1, 0.15) is 18.4 Å². The first-order chi connectivity index (χ1) is 9.20. The number of piperidine rings is 1. The fourth-order valence-electron chi connectivity index (χ4n) is 2.54. The van der Waals surface area contributed by atoms with Gasteiger partial charge in [-0.2, -0.15) is 0 Å². The molecule has 1 aliphatic rings. The van der Waals surface area contributed by atoms with E-state index in [-0.39, 0.29) is 11.8 Å². The zero-order valence-corrected chi connectivity index (χ0v) is 11.2. The summed E-state index contributed by atoms with van der Waals surface area (Å²) in [5.74, 6) is -0.329. The van der Waals surface area contributed by atoms with Gasteiger partial charge in [0.05, 0.1) is 6.04 Å². The standard InChI is InChI=1S/C15H20N2O2/c1-17(10-12-5-3-2-4-6-12)13-7-8-14(16-9-13)15(19)11-18/h2-6,11,13-14,16H,7-10H2,1H3. The van der Waals surface area contributed by atoms with Crippen LogP contribution in [0.15, 0.2) is 30.3 Å².